The van der Waals surface area contributed by atoms with E-state index < -0.39 is 48.5 Å². The number of ether oxygens (including phenoxy) is 1. The number of aryl methyl sites for hydroxylation is 2. The van der Waals surface area contributed by atoms with Crippen LogP contribution in [-0.4, -0.2) is 55.7 Å². The first-order valence-corrected chi connectivity index (χ1v) is 11.2. The van der Waals surface area contributed by atoms with E-state index in [1.165, 1.54) is 4.68 Å². The van der Waals surface area contributed by atoms with Gasteiger partial charge in [-0.25, -0.2) is 13.8 Å². The van der Waals surface area contributed by atoms with Crippen molar-refractivity contribution < 1.29 is 31.5 Å². The van der Waals surface area contributed by atoms with Crippen molar-refractivity contribution in [3.63, 3.8) is 0 Å². The van der Waals surface area contributed by atoms with Gasteiger partial charge in [0.25, 0.3) is 11.8 Å². The van der Waals surface area contributed by atoms with E-state index in [-0.39, 0.29) is 18.2 Å². The minimum atomic E-state index is -4.55. The van der Waals surface area contributed by atoms with Gasteiger partial charge in [0.2, 0.25) is 5.88 Å². The number of hydrogen-bond acceptors (Lipinski definition) is 5. The van der Waals surface area contributed by atoms with Crippen LogP contribution in [0.1, 0.15) is 35.0 Å². The number of nitrogens with zero attached hydrogens (tertiary/aromatic N) is 5. The van der Waals surface area contributed by atoms with Gasteiger partial charge in [0.05, 0.1) is 29.4 Å². The number of likely N-dealkylation sites (tertiary alicyclic amines) is 1. The molecule has 1 fully saturated rings. The van der Waals surface area contributed by atoms with Crippen LogP contribution in [0.25, 0.3) is 11.3 Å². The number of pyridine rings is 2. The molecule has 3 aromatic heterocycles. The molecule has 2 atom stereocenters. The van der Waals surface area contributed by atoms with E-state index in [1.807, 2.05) is 13.0 Å². The third kappa shape index (κ3) is 5.47. The Morgan fingerprint density at radius 2 is 1.92 bits per heavy atom. The van der Waals surface area contributed by atoms with Gasteiger partial charge in [-0.15, -0.1) is 0 Å². The number of rotatable bonds is 5. The van der Waals surface area contributed by atoms with Crippen LogP contribution in [-0.2, 0) is 13.2 Å². The van der Waals surface area contributed by atoms with Crippen LogP contribution >= 0.6 is 0 Å². The molecule has 1 aliphatic rings. The monoisotopic (exact) mass is 509 g/mol. The lowest BCUT2D eigenvalue weighted by molar-refractivity contribution is -0.137. The summed E-state index contributed by atoms with van der Waals surface area (Å²) in [6.07, 6.45) is -1.17. The summed E-state index contributed by atoms with van der Waals surface area (Å²) in [5, 5.41) is 4.22. The van der Waals surface area contributed by atoms with Gasteiger partial charge in [0, 0.05) is 38.1 Å². The van der Waals surface area contributed by atoms with E-state index in [9.17, 15) is 26.7 Å². The van der Waals surface area contributed by atoms with Crippen LogP contribution in [0.2, 0.25) is 0 Å². The number of piperidine rings is 1. The zero-order valence-corrected chi connectivity index (χ0v) is 19.8. The molecule has 1 aliphatic heterocycles. The molecule has 3 aromatic rings. The van der Waals surface area contributed by atoms with Crippen molar-refractivity contribution in [2.45, 2.75) is 38.4 Å². The minimum Gasteiger partial charge on any atom is -0.475 e. The lowest BCUT2D eigenvalue weighted by Crippen LogP contribution is -2.57. The Morgan fingerprint density at radius 1 is 1.17 bits per heavy atom. The molecule has 0 radical (unpaired) electrons. The summed E-state index contributed by atoms with van der Waals surface area (Å²) < 4.78 is 74.4. The molecule has 0 bridgehead atoms. The Kier molecular flexibility index (Phi) is 6.72. The Hall–Kier alpha value is -3.57. The van der Waals surface area contributed by atoms with Crippen LogP contribution in [0.15, 0.2) is 42.9 Å². The highest BCUT2D eigenvalue weighted by atomic mass is 19.4. The van der Waals surface area contributed by atoms with Crippen LogP contribution < -0.4 is 4.74 Å². The molecule has 4 heterocycles. The van der Waals surface area contributed by atoms with E-state index in [0.717, 1.165) is 22.6 Å². The second kappa shape index (κ2) is 9.47. The zero-order chi connectivity index (χ0) is 26.3. The van der Waals surface area contributed by atoms with Gasteiger partial charge in [-0.3, -0.25) is 14.5 Å². The third-order valence-corrected chi connectivity index (χ3v) is 6.02. The molecule has 0 aliphatic carbocycles. The van der Waals surface area contributed by atoms with Crippen molar-refractivity contribution in [3.05, 3.63) is 59.7 Å². The first kappa shape index (κ1) is 25.5. The molecule has 12 heteroatoms. The van der Waals surface area contributed by atoms with E-state index in [4.69, 9.17) is 4.74 Å². The summed E-state index contributed by atoms with van der Waals surface area (Å²) in [4.78, 5) is 22.6. The van der Waals surface area contributed by atoms with Crippen LogP contribution in [0, 0.1) is 12.8 Å². The van der Waals surface area contributed by atoms with E-state index in [2.05, 4.69) is 15.1 Å². The highest BCUT2D eigenvalue weighted by Gasteiger charge is 2.47. The molecule has 4 rings (SSSR count). The summed E-state index contributed by atoms with van der Waals surface area (Å²) in [5.41, 5.74) is 0.805. The molecule has 0 N–H and O–H groups in total. The first-order valence-electron chi connectivity index (χ1n) is 11.2. The van der Waals surface area contributed by atoms with Crippen molar-refractivity contribution in [3.8, 4) is 17.1 Å². The summed E-state index contributed by atoms with van der Waals surface area (Å²) in [6.45, 7) is 2.36. The number of halogens is 5. The number of amides is 1. The second-order valence-corrected chi connectivity index (χ2v) is 9.02. The molecular weight excluding hydrogens is 485 g/mol. The fraction of sp³-hybridized carbons (Fsp3) is 0.417. The highest BCUT2D eigenvalue weighted by Crippen LogP contribution is 2.36. The van der Waals surface area contributed by atoms with Crippen LogP contribution in [0.5, 0.6) is 5.88 Å². The third-order valence-electron chi connectivity index (χ3n) is 6.02. The molecule has 0 saturated carbocycles. The Morgan fingerprint density at radius 3 is 2.53 bits per heavy atom. The summed E-state index contributed by atoms with van der Waals surface area (Å²) in [7, 11) is 1.61. The lowest BCUT2D eigenvalue weighted by atomic mass is 9.88. The first-order chi connectivity index (χ1) is 16.8. The van der Waals surface area contributed by atoms with Crippen molar-refractivity contribution in [2.24, 2.45) is 13.0 Å². The van der Waals surface area contributed by atoms with Gasteiger partial charge in [-0.05, 0) is 30.5 Å². The Bertz CT molecular complexity index is 1230. The molecule has 1 amide bonds. The van der Waals surface area contributed by atoms with E-state index in [1.54, 1.807) is 32.4 Å². The maximum atomic E-state index is 14.6. The SMILES string of the molecule is Cc1ccc(-c2cn(C)nc2C(=O)N2CC(F)(F)CC(C)C2COc2ccc(C(F)(F)F)cn2)nc1. The number of alkyl halides is 5. The van der Waals surface area contributed by atoms with Gasteiger partial charge >= 0.3 is 6.18 Å². The number of hydrogen-bond donors (Lipinski definition) is 0. The van der Waals surface area contributed by atoms with E-state index >= 15 is 0 Å². The van der Waals surface area contributed by atoms with Crippen molar-refractivity contribution in [1.82, 2.24) is 24.6 Å². The number of carbonyl (C=O) groups is 1. The summed E-state index contributed by atoms with van der Waals surface area (Å²) >= 11 is 0. The van der Waals surface area contributed by atoms with Gasteiger partial charge < -0.3 is 9.64 Å². The van der Waals surface area contributed by atoms with Gasteiger partial charge in [-0.1, -0.05) is 13.0 Å². The summed E-state index contributed by atoms with van der Waals surface area (Å²) in [5.74, 6) is -4.62. The van der Waals surface area contributed by atoms with Crippen LogP contribution in [0.4, 0.5) is 22.0 Å². The number of aromatic nitrogens is 4. The Balaban J connectivity index is 1.60. The smallest absolute Gasteiger partial charge is 0.417 e. The average Bonchev–Trinajstić information content (AvgIpc) is 3.19. The predicted octanol–water partition coefficient (Wildman–Crippen LogP) is 4.77. The fourth-order valence-corrected chi connectivity index (χ4v) is 4.22. The predicted molar refractivity (Wildman–Crippen MR) is 119 cm³/mol. The topological polar surface area (TPSA) is 73.1 Å². The quantitative estimate of drug-likeness (QED) is 0.464. The minimum absolute atomic E-state index is 0.0311. The Labute approximate surface area is 203 Å². The highest BCUT2D eigenvalue weighted by molar-refractivity contribution is 5.98. The fourth-order valence-electron chi connectivity index (χ4n) is 4.22. The van der Waals surface area contributed by atoms with Gasteiger partial charge in [0.1, 0.15) is 6.61 Å². The second-order valence-electron chi connectivity index (χ2n) is 9.02. The molecule has 1 saturated heterocycles. The number of carbonyl (C=O) groups excluding carboxylic acids is 1. The van der Waals surface area contributed by atoms with Crippen molar-refractivity contribution in [2.75, 3.05) is 13.2 Å². The standard InChI is InChI=1S/C24H24F5N5O2/c1-14-4-6-18(30-9-14)17-11-33(3)32-21(17)22(35)34-13-23(25,26)8-15(2)19(34)12-36-20-7-5-16(10-31-20)24(27,28)29/h4-7,9-11,15,19H,8,12-13H2,1-3H3. The van der Waals surface area contributed by atoms with E-state index in [0.29, 0.717) is 17.5 Å². The van der Waals surface area contributed by atoms with Crippen molar-refractivity contribution >= 4 is 5.91 Å². The maximum absolute atomic E-state index is 14.6. The van der Waals surface area contributed by atoms with Gasteiger partial charge in [0.15, 0.2) is 5.69 Å². The lowest BCUT2D eigenvalue weighted by Gasteiger charge is -2.42. The molecule has 2 unspecified atom stereocenters. The average molecular weight is 509 g/mol. The molecular formula is C24H24F5N5O2. The van der Waals surface area contributed by atoms with Gasteiger partial charge in [-0.2, -0.15) is 18.3 Å². The molecule has 7 nitrogen and oxygen atoms in total. The normalized spacial score (nSPS) is 19.8. The molecule has 0 spiro atoms. The largest absolute Gasteiger partial charge is 0.475 e. The van der Waals surface area contributed by atoms with Crippen LogP contribution in [0.3, 0.4) is 0 Å². The van der Waals surface area contributed by atoms with Crippen molar-refractivity contribution in [1.29, 1.82) is 0 Å². The molecule has 36 heavy (non-hydrogen) atoms. The maximum Gasteiger partial charge on any atom is 0.417 e. The molecule has 0 aromatic carbocycles. The zero-order valence-electron chi connectivity index (χ0n) is 19.8. The molecule has 192 valence electrons. The summed E-state index contributed by atoms with van der Waals surface area (Å²) in [6, 6.07) is 4.61.